The molecule has 0 unspecified atom stereocenters. The fraction of sp³-hybridized carbons (Fsp3) is 0.571. The van der Waals surface area contributed by atoms with Crippen LogP contribution in [-0.2, 0) is 13.2 Å². The molecule has 0 spiro atoms. The van der Waals surface area contributed by atoms with Gasteiger partial charge >= 0.3 is 0 Å². The Bertz CT molecular complexity index is 298. The Morgan fingerprint density at radius 3 is 2.29 bits per heavy atom. The first kappa shape index (κ1) is 14.2. The standard InChI is InChI=1S/C14H24N2O/c1-2-3-9-16(10-8-15)11-13-4-6-14(12-17)7-5-13/h4-7,17H,2-3,8-12,15H2,1H3. The van der Waals surface area contributed by atoms with Gasteiger partial charge in [0.2, 0.25) is 0 Å². The SMILES string of the molecule is CCCCN(CCN)Cc1ccc(CO)cc1. The number of aliphatic hydroxyl groups is 1. The van der Waals surface area contributed by atoms with Crippen molar-refractivity contribution in [3.8, 4) is 0 Å². The zero-order valence-electron chi connectivity index (χ0n) is 10.7. The van der Waals surface area contributed by atoms with Crippen LogP contribution in [0.25, 0.3) is 0 Å². The molecule has 0 aromatic heterocycles. The van der Waals surface area contributed by atoms with Crippen LogP contribution in [0.4, 0.5) is 0 Å². The van der Waals surface area contributed by atoms with Gasteiger partial charge in [-0.2, -0.15) is 0 Å². The second-order valence-corrected chi connectivity index (χ2v) is 4.39. The minimum Gasteiger partial charge on any atom is -0.392 e. The molecule has 96 valence electrons. The lowest BCUT2D eigenvalue weighted by Crippen LogP contribution is -2.30. The molecule has 1 aromatic rings. The van der Waals surface area contributed by atoms with E-state index in [1.165, 1.54) is 18.4 Å². The van der Waals surface area contributed by atoms with Crippen LogP contribution < -0.4 is 5.73 Å². The van der Waals surface area contributed by atoms with Crippen LogP contribution in [0.3, 0.4) is 0 Å². The Morgan fingerprint density at radius 2 is 1.76 bits per heavy atom. The molecule has 0 atom stereocenters. The Balaban J connectivity index is 2.51. The third kappa shape index (κ3) is 5.31. The zero-order valence-corrected chi connectivity index (χ0v) is 10.7. The minimum absolute atomic E-state index is 0.114. The molecule has 0 aliphatic rings. The molecule has 3 N–H and O–H groups in total. The van der Waals surface area contributed by atoms with Crippen molar-refractivity contribution in [1.29, 1.82) is 0 Å². The van der Waals surface area contributed by atoms with E-state index in [0.717, 1.165) is 25.2 Å². The van der Waals surface area contributed by atoms with Gasteiger partial charge in [-0.3, -0.25) is 4.90 Å². The highest BCUT2D eigenvalue weighted by atomic mass is 16.3. The monoisotopic (exact) mass is 236 g/mol. The van der Waals surface area contributed by atoms with Crippen molar-refractivity contribution in [1.82, 2.24) is 4.90 Å². The van der Waals surface area contributed by atoms with Gasteiger partial charge in [-0.15, -0.1) is 0 Å². The fourth-order valence-corrected chi connectivity index (χ4v) is 1.84. The molecule has 0 heterocycles. The average molecular weight is 236 g/mol. The van der Waals surface area contributed by atoms with Gasteiger partial charge < -0.3 is 10.8 Å². The summed E-state index contributed by atoms with van der Waals surface area (Å²) in [5.41, 5.74) is 7.88. The predicted molar refractivity (Wildman–Crippen MR) is 71.6 cm³/mol. The van der Waals surface area contributed by atoms with Crippen molar-refractivity contribution in [2.75, 3.05) is 19.6 Å². The Morgan fingerprint density at radius 1 is 1.12 bits per heavy atom. The molecule has 0 radical (unpaired) electrons. The van der Waals surface area contributed by atoms with E-state index in [1.54, 1.807) is 0 Å². The van der Waals surface area contributed by atoms with E-state index in [4.69, 9.17) is 10.8 Å². The molecule has 1 rings (SSSR count). The number of aliphatic hydroxyl groups excluding tert-OH is 1. The summed E-state index contributed by atoms with van der Waals surface area (Å²) >= 11 is 0. The molecule has 1 aromatic carbocycles. The topological polar surface area (TPSA) is 49.5 Å². The summed E-state index contributed by atoms with van der Waals surface area (Å²) in [4.78, 5) is 2.39. The van der Waals surface area contributed by atoms with E-state index in [0.29, 0.717) is 6.54 Å². The summed E-state index contributed by atoms with van der Waals surface area (Å²) in [6.45, 7) is 6.03. The van der Waals surface area contributed by atoms with Gasteiger partial charge in [0, 0.05) is 19.6 Å². The van der Waals surface area contributed by atoms with Gasteiger partial charge in [-0.05, 0) is 24.1 Å². The zero-order chi connectivity index (χ0) is 12.5. The first-order chi connectivity index (χ1) is 8.30. The highest BCUT2D eigenvalue weighted by Crippen LogP contribution is 2.08. The number of hydrogen-bond donors (Lipinski definition) is 2. The van der Waals surface area contributed by atoms with Gasteiger partial charge in [0.05, 0.1) is 6.61 Å². The van der Waals surface area contributed by atoms with E-state index in [9.17, 15) is 0 Å². The van der Waals surface area contributed by atoms with E-state index in [-0.39, 0.29) is 6.61 Å². The maximum atomic E-state index is 8.98. The van der Waals surface area contributed by atoms with E-state index in [2.05, 4.69) is 24.0 Å². The molecule has 0 fully saturated rings. The summed E-state index contributed by atoms with van der Waals surface area (Å²) in [5, 5.41) is 8.98. The average Bonchev–Trinajstić information content (AvgIpc) is 2.37. The highest BCUT2D eigenvalue weighted by Gasteiger charge is 2.04. The number of hydrogen-bond acceptors (Lipinski definition) is 3. The normalized spacial score (nSPS) is 11.1. The quantitative estimate of drug-likeness (QED) is 0.723. The molecule has 17 heavy (non-hydrogen) atoms. The molecule has 3 heteroatoms. The molecular weight excluding hydrogens is 212 g/mol. The summed E-state index contributed by atoms with van der Waals surface area (Å²) < 4.78 is 0. The van der Waals surface area contributed by atoms with Crippen LogP contribution in [0, 0.1) is 0 Å². The van der Waals surface area contributed by atoms with Crippen molar-refractivity contribution in [3.05, 3.63) is 35.4 Å². The molecule has 0 aliphatic heterocycles. The summed E-state index contributed by atoms with van der Waals surface area (Å²) in [7, 11) is 0. The first-order valence-electron chi connectivity index (χ1n) is 6.41. The number of benzene rings is 1. The molecule has 0 amide bonds. The molecule has 0 saturated carbocycles. The van der Waals surface area contributed by atoms with Gasteiger partial charge in [0.15, 0.2) is 0 Å². The van der Waals surface area contributed by atoms with E-state index in [1.807, 2.05) is 12.1 Å². The van der Waals surface area contributed by atoms with Gasteiger partial charge in [0.25, 0.3) is 0 Å². The summed E-state index contributed by atoms with van der Waals surface area (Å²) in [6.07, 6.45) is 2.43. The maximum absolute atomic E-state index is 8.98. The van der Waals surface area contributed by atoms with Crippen molar-refractivity contribution in [3.63, 3.8) is 0 Å². The minimum atomic E-state index is 0.114. The Kier molecular flexibility index (Phi) is 6.86. The van der Waals surface area contributed by atoms with Crippen molar-refractivity contribution in [2.24, 2.45) is 5.73 Å². The second-order valence-electron chi connectivity index (χ2n) is 4.39. The van der Waals surface area contributed by atoms with Crippen LogP contribution in [0.15, 0.2) is 24.3 Å². The lowest BCUT2D eigenvalue weighted by atomic mass is 10.1. The number of unbranched alkanes of at least 4 members (excludes halogenated alkanes) is 1. The third-order valence-corrected chi connectivity index (χ3v) is 2.88. The summed E-state index contributed by atoms with van der Waals surface area (Å²) in [6, 6.07) is 8.13. The Labute approximate surface area is 104 Å². The number of nitrogens with zero attached hydrogens (tertiary/aromatic N) is 1. The fourth-order valence-electron chi connectivity index (χ4n) is 1.84. The van der Waals surface area contributed by atoms with Crippen LogP contribution in [0.5, 0.6) is 0 Å². The number of nitrogens with two attached hydrogens (primary N) is 1. The molecule has 3 nitrogen and oxygen atoms in total. The molecule has 0 aliphatic carbocycles. The van der Waals surface area contributed by atoms with Crippen molar-refractivity contribution >= 4 is 0 Å². The van der Waals surface area contributed by atoms with E-state index >= 15 is 0 Å². The highest BCUT2D eigenvalue weighted by molar-refractivity contribution is 5.21. The maximum Gasteiger partial charge on any atom is 0.0681 e. The number of rotatable bonds is 8. The third-order valence-electron chi connectivity index (χ3n) is 2.88. The molecule has 0 bridgehead atoms. The van der Waals surface area contributed by atoms with E-state index < -0.39 is 0 Å². The van der Waals surface area contributed by atoms with Gasteiger partial charge in [-0.25, -0.2) is 0 Å². The lowest BCUT2D eigenvalue weighted by molar-refractivity contribution is 0.268. The molecule has 0 saturated heterocycles. The lowest BCUT2D eigenvalue weighted by Gasteiger charge is -2.21. The van der Waals surface area contributed by atoms with Gasteiger partial charge in [0.1, 0.15) is 0 Å². The van der Waals surface area contributed by atoms with Crippen LogP contribution in [0.2, 0.25) is 0 Å². The van der Waals surface area contributed by atoms with Gasteiger partial charge in [-0.1, -0.05) is 37.6 Å². The second kappa shape index (κ2) is 8.23. The largest absolute Gasteiger partial charge is 0.392 e. The Hall–Kier alpha value is -0.900. The molecular formula is C14H24N2O. The van der Waals surface area contributed by atoms with Crippen LogP contribution in [0.1, 0.15) is 30.9 Å². The van der Waals surface area contributed by atoms with Crippen LogP contribution in [-0.4, -0.2) is 29.6 Å². The first-order valence-corrected chi connectivity index (χ1v) is 6.41. The van der Waals surface area contributed by atoms with Crippen molar-refractivity contribution in [2.45, 2.75) is 32.9 Å². The smallest absolute Gasteiger partial charge is 0.0681 e. The van der Waals surface area contributed by atoms with Crippen molar-refractivity contribution < 1.29 is 5.11 Å². The van der Waals surface area contributed by atoms with Crippen LogP contribution >= 0.6 is 0 Å². The predicted octanol–water partition coefficient (Wildman–Crippen LogP) is 1.74. The summed E-state index contributed by atoms with van der Waals surface area (Å²) in [5.74, 6) is 0.